The van der Waals surface area contributed by atoms with E-state index in [9.17, 15) is 0 Å². The van der Waals surface area contributed by atoms with Crippen LogP contribution in [0.25, 0.3) is 12.2 Å². The van der Waals surface area contributed by atoms with E-state index in [-0.39, 0.29) is 24.8 Å². The summed E-state index contributed by atoms with van der Waals surface area (Å²) in [6, 6.07) is 18.3. The quantitative estimate of drug-likeness (QED) is 0.382. The molecule has 0 spiro atoms. The van der Waals surface area contributed by atoms with Crippen LogP contribution in [0.4, 0.5) is 0 Å². The fourth-order valence-corrected chi connectivity index (χ4v) is 26.2. The summed E-state index contributed by atoms with van der Waals surface area (Å²) in [5.74, 6) is 0. The molecule has 2 atom stereocenters. The third-order valence-electron chi connectivity index (χ3n) is 7.85. The first-order chi connectivity index (χ1) is 13.4. The Morgan fingerprint density at radius 3 is 1.63 bits per heavy atom. The summed E-state index contributed by atoms with van der Waals surface area (Å²) in [5, 5.41) is 0. The van der Waals surface area contributed by atoms with Crippen molar-refractivity contribution >= 4 is 37.0 Å². The number of benzene rings is 2. The second-order valence-corrected chi connectivity index (χ2v) is 27.1. The smallest absolute Gasteiger partial charge is 0.147 e. The van der Waals surface area contributed by atoms with E-state index in [1.165, 1.54) is 11.1 Å². The summed E-state index contributed by atoms with van der Waals surface area (Å²) in [6.07, 6.45) is 13.2. The summed E-state index contributed by atoms with van der Waals surface area (Å²) in [5.41, 5.74) is 9.16. The van der Waals surface area contributed by atoms with E-state index in [0.717, 1.165) is 6.42 Å². The van der Waals surface area contributed by atoms with Gasteiger partial charge in [0.1, 0.15) is 0 Å². The monoisotopic (exact) mass is 515 g/mol. The molecule has 0 bridgehead atoms. The minimum Gasteiger partial charge on any atom is -0.147 e. The first-order valence-electron chi connectivity index (χ1n) is 10.5. The predicted molar refractivity (Wildman–Crippen MR) is 134 cm³/mol. The van der Waals surface area contributed by atoms with Gasteiger partial charge in [-0.3, -0.25) is 0 Å². The van der Waals surface area contributed by atoms with Gasteiger partial charge in [-0.25, -0.2) is 0 Å². The van der Waals surface area contributed by atoms with Crippen LogP contribution in [0.1, 0.15) is 49.8 Å². The molecule has 2 aromatic rings. The van der Waals surface area contributed by atoms with Gasteiger partial charge in [0.2, 0.25) is 0 Å². The molecule has 0 aliphatic heterocycles. The zero-order valence-electron chi connectivity index (χ0n) is 18.2. The van der Waals surface area contributed by atoms with Gasteiger partial charge in [0.15, 0.2) is 0 Å². The van der Waals surface area contributed by atoms with Crippen LogP contribution >= 0.6 is 24.8 Å². The van der Waals surface area contributed by atoms with E-state index in [0.29, 0.717) is 7.25 Å². The van der Waals surface area contributed by atoms with Gasteiger partial charge in [-0.1, -0.05) is 0 Å². The van der Waals surface area contributed by atoms with Gasteiger partial charge in [0, 0.05) is 0 Å². The minimum atomic E-state index is -3.62. The molecular weight excluding hydrogens is 486 g/mol. The molecule has 2 aromatic carbocycles. The van der Waals surface area contributed by atoms with E-state index in [1.54, 1.807) is 25.6 Å². The number of rotatable bonds is 3. The fraction of sp³-hybridized carbons (Fsp3) is 0.259. The van der Waals surface area contributed by atoms with Gasteiger partial charge in [-0.2, -0.15) is 0 Å². The maximum Gasteiger partial charge on any atom is -0.147 e. The van der Waals surface area contributed by atoms with E-state index in [2.05, 4.69) is 102 Å². The molecule has 0 saturated carbocycles. The molecule has 0 nitrogen and oxygen atoms in total. The molecular formula is C27H31Cl2Zr. The molecule has 0 amide bonds. The summed E-state index contributed by atoms with van der Waals surface area (Å²) < 4.78 is 8.39. The van der Waals surface area contributed by atoms with Gasteiger partial charge in [0.05, 0.1) is 0 Å². The normalized spacial score (nSPS) is 22.5. The predicted octanol–water partition coefficient (Wildman–Crippen LogP) is 8.78. The van der Waals surface area contributed by atoms with Gasteiger partial charge >= 0.3 is 171 Å². The molecule has 0 N–H and O–H groups in total. The summed E-state index contributed by atoms with van der Waals surface area (Å²) >= 11 is -3.62. The Morgan fingerprint density at radius 1 is 0.733 bits per heavy atom. The molecule has 3 aliphatic carbocycles. The van der Waals surface area contributed by atoms with Crippen LogP contribution < -0.4 is 0 Å². The largest absolute Gasteiger partial charge is 0.147 e. The third-order valence-corrected chi connectivity index (χ3v) is 26.2. The Bertz CT molecular complexity index is 1050. The SMILES string of the molecule is CC1=Cc2ccccc2[CH]1[Zr]([CH3])([CH3])([C]1=CC=CC1)[CH]1C(C)=Cc2ccccc21.Cl.Cl. The van der Waals surface area contributed by atoms with E-state index < -0.39 is 18.8 Å². The van der Waals surface area contributed by atoms with E-state index in [4.69, 9.17) is 0 Å². The molecule has 2 unspecified atom stereocenters. The third kappa shape index (κ3) is 3.12. The van der Waals surface area contributed by atoms with Crippen molar-refractivity contribution in [1.29, 1.82) is 0 Å². The van der Waals surface area contributed by atoms with Crippen molar-refractivity contribution in [3.63, 3.8) is 0 Å². The van der Waals surface area contributed by atoms with Crippen LogP contribution in [0.15, 0.2) is 81.2 Å². The molecule has 0 saturated heterocycles. The number of hydrogen-bond acceptors (Lipinski definition) is 0. The molecule has 5 rings (SSSR count). The first kappa shape index (κ1) is 23.5. The number of hydrogen-bond donors (Lipinski definition) is 0. The number of fused-ring (bicyclic) bond motifs is 2. The molecule has 3 heteroatoms. The van der Waals surface area contributed by atoms with Crippen molar-refractivity contribution < 1.29 is 18.8 Å². The Labute approximate surface area is 194 Å². The zero-order valence-corrected chi connectivity index (χ0v) is 22.3. The molecule has 30 heavy (non-hydrogen) atoms. The molecule has 0 aromatic heterocycles. The van der Waals surface area contributed by atoms with Crippen LogP contribution in [0.5, 0.6) is 0 Å². The van der Waals surface area contributed by atoms with Crippen LogP contribution in [0.3, 0.4) is 0 Å². The fourth-order valence-electron chi connectivity index (χ4n) is 6.89. The van der Waals surface area contributed by atoms with Crippen molar-refractivity contribution in [3.8, 4) is 0 Å². The molecule has 3 aliphatic rings. The van der Waals surface area contributed by atoms with Crippen LogP contribution in [-0.2, 0) is 18.8 Å². The number of allylic oxidation sites excluding steroid dienone is 6. The number of halogens is 2. The summed E-state index contributed by atoms with van der Waals surface area (Å²) in [7, 11) is 0. The second kappa shape index (κ2) is 8.09. The summed E-state index contributed by atoms with van der Waals surface area (Å²) in [6.45, 7) is 4.77. The average Bonchev–Trinajstić information content (AvgIpc) is 3.38. The van der Waals surface area contributed by atoms with Gasteiger partial charge in [-0.15, -0.1) is 24.8 Å². The Kier molecular flexibility index (Phi) is 6.34. The molecule has 157 valence electrons. The Balaban J connectivity index is 0.00000128. The molecule has 0 fully saturated rings. The topological polar surface area (TPSA) is 0 Å². The first-order valence-corrected chi connectivity index (χ1v) is 19.5. The van der Waals surface area contributed by atoms with Gasteiger partial charge < -0.3 is 0 Å². The van der Waals surface area contributed by atoms with E-state index >= 15 is 0 Å². The maximum atomic E-state index is 2.74. The molecule has 0 heterocycles. The van der Waals surface area contributed by atoms with Crippen molar-refractivity contribution in [1.82, 2.24) is 0 Å². The van der Waals surface area contributed by atoms with Crippen molar-refractivity contribution in [3.05, 3.63) is 103 Å². The Hall–Kier alpha value is -1.14. The Morgan fingerprint density at radius 2 is 1.20 bits per heavy atom. The second-order valence-electron chi connectivity index (χ2n) is 9.83. The van der Waals surface area contributed by atoms with Gasteiger partial charge in [0.25, 0.3) is 0 Å². The van der Waals surface area contributed by atoms with Crippen LogP contribution in [0.2, 0.25) is 9.26 Å². The van der Waals surface area contributed by atoms with E-state index in [1.807, 2.05) is 0 Å². The average molecular weight is 518 g/mol. The maximum absolute atomic E-state index is 3.62. The van der Waals surface area contributed by atoms with Crippen molar-refractivity contribution in [2.75, 3.05) is 0 Å². The minimum absolute atomic E-state index is 0. The summed E-state index contributed by atoms with van der Waals surface area (Å²) in [4.78, 5) is 0. The molecule has 0 radical (unpaired) electrons. The zero-order chi connectivity index (χ0) is 19.5. The van der Waals surface area contributed by atoms with Crippen LogP contribution in [0, 0.1) is 0 Å². The standard InChI is InChI=1S/2C10H9.C5H5.2CH3.2ClH.Zr/c2*1-8-6-9-4-2-3-5-10(9)7-8;1-2-4-5-3-1;;;;;/h2*2-7H,1H3;1-3H,4H2;2*1H3;2*1H;. The van der Waals surface area contributed by atoms with Gasteiger partial charge in [-0.05, 0) is 0 Å². The van der Waals surface area contributed by atoms with Crippen molar-refractivity contribution in [2.24, 2.45) is 0 Å². The van der Waals surface area contributed by atoms with Crippen molar-refractivity contribution in [2.45, 2.75) is 36.8 Å². The van der Waals surface area contributed by atoms with Crippen LogP contribution in [-0.4, -0.2) is 0 Å².